The van der Waals surface area contributed by atoms with Gasteiger partial charge in [-0.1, -0.05) is 0 Å². The van der Waals surface area contributed by atoms with E-state index in [1.54, 1.807) is 29.9 Å². The number of aromatic nitrogens is 1. The van der Waals surface area contributed by atoms with Crippen LogP contribution in [0.25, 0.3) is 0 Å². The number of primary amides is 1. The summed E-state index contributed by atoms with van der Waals surface area (Å²) in [5, 5.41) is 9.78. The third kappa shape index (κ3) is 2.04. The van der Waals surface area contributed by atoms with Crippen molar-refractivity contribution >= 4 is 6.03 Å². The molecule has 1 aliphatic rings. The number of alkyl halides is 3. The van der Waals surface area contributed by atoms with Crippen LogP contribution < -0.4 is 11.2 Å². The lowest BCUT2D eigenvalue weighted by molar-refractivity contribution is -0.299. The van der Waals surface area contributed by atoms with E-state index in [4.69, 9.17) is 5.73 Å². The number of rotatable bonds is 1. The number of amides is 2. The zero-order valence-corrected chi connectivity index (χ0v) is 9.98. The van der Waals surface area contributed by atoms with Crippen molar-refractivity contribution in [1.82, 2.24) is 15.0 Å². The molecule has 1 aromatic heterocycles. The molecule has 2 heterocycles. The average Bonchev–Trinajstić information content (AvgIpc) is 2.81. The summed E-state index contributed by atoms with van der Waals surface area (Å²) >= 11 is 0. The molecule has 1 saturated heterocycles. The molecule has 1 aromatic rings. The Balaban J connectivity index is 2.37. The van der Waals surface area contributed by atoms with Gasteiger partial charge in [0.2, 0.25) is 0 Å². The molecule has 6 nitrogen and oxygen atoms in total. The monoisotopic (exact) mass is 278 g/mol. The van der Waals surface area contributed by atoms with Gasteiger partial charge in [0, 0.05) is 25.4 Å². The molecule has 1 aliphatic heterocycles. The van der Waals surface area contributed by atoms with Crippen LogP contribution in [0.3, 0.4) is 0 Å². The highest BCUT2D eigenvalue weighted by molar-refractivity contribution is 5.72. The largest absolute Gasteiger partial charge is 0.438 e. The molecule has 0 radical (unpaired) electrons. The first-order valence-corrected chi connectivity index (χ1v) is 5.43. The minimum Gasteiger partial charge on any atom is -0.362 e. The number of halogens is 3. The Bertz CT molecular complexity index is 501. The van der Waals surface area contributed by atoms with Crippen LogP contribution >= 0.6 is 0 Å². The smallest absolute Gasteiger partial charge is 0.362 e. The molecule has 0 saturated carbocycles. The highest BCUT2D eigenvalue weighted by atomic mass is 19.4. The maximum Gasteiger partial charge on any atom is 0.438 e. The third-order valence-corrected chi connectivity index (χ3v) is 3.16. The number of carbonyl (C=O) groups is 1. The van der Waals surface area contributed by atoms with Crippen LogP contribution in [-0.4, -0.2) is 32.6 Å². The quantitative estimate of drug-likeness (QED) is 0.703. The molecule has 0 spiro atoms. The van der Waals surface area contributed by atoms with E-state index in [-0.39, 0.29) is 5.01 Å². The summed E-state index contributed by atoms with van der Waals surface area (Å²) in [6.07, 6.45) is -4.08. The molecular weight excluding hydrogens is 265 g/mol. The van der Waals surface area contributed by atoms with E-state index < -0.39 is 30.4 Å². The Morgan fingerprint density at radius 1 is 1.63 bits per heavy atom. The van der Waals surface area contributed by atoms with Crippen LogP contribution in [0.5, 0.6) is 0 Å². The molecule has 4 N–H and O–H groups in total. The minimum atomic E-state index is -5.01. The second-order valence-corrected chi connectivity index (χ2v) is 4.42. The number of hydrazine groups is 1. The van der Waals surface area contributed by atoms with Crippen molar-refractivity contribution in [1.29, 1.82) is 0 Å². The van der Waals surface area contributed by atoms with Crippen LogP contribution in [0.4, 0.5) is 18.0 Å². The van der Waals surface area contributed by atoms with E-state index in [2.05, 4.69) is 5.43 Å². The van der Waals surface area contributed by atoms with Crippen molar-refractivity contribution in [2.45, 2.75) is 24.4 Å². The molecule has 0 aliphatic carbocycles. The molecular formula is C10H13F3N4O2. The first-order valence-electron chi connectivity index (χ1n) is 5.43. The molecule has 2 atom stereocenters. The molecule has 2 unspecified atom stereocenters. The van der Waals surface area contributed by atoms with Crippen molar-refractivity contribution in [2.24, 2.45) is 12.8 Å². The van der Waals surface area contributed by atoms with Crippen LogP contribution in [0.1, 0.15) is 18.2 Å². The van der Waals surface area contributed by atoms with Gasteiger partial charge >= 0.3 is 12.2 Å². The molecule has 19 heavy (non-hydrogen) atoms. The van der Waals surface area contributed by atoms with E-state index in [0.717, 1.165) is 0 Å². The van der Waals surface area contributed by atoms with E-state index in [1.807, 2.05) is 0 Å². The van der Waals surface area contributed by atoms with Crippen molar-refractivity contribution in [3.63, 3.8) is 0 Å². The molecule has 106 valence electrons. The highest BCUT2D eigenvalue weighted by Crippen LogP contribution is 2.43. The van der Waals surface area contributed by atoms with Gasteiger partial charge in [0.05, 0.1) is 6.04 Å². The van der Waals surface area contributed by atoms with Crippen LogP contribution in [0.15, 0.2) is 18.3 Å². The Morgan fingerprint density at radius 2 is 2.26 bits per heavy atom. The number of aliphatic hydroxyl groups is 1. The number of aryl methyl sites for hydroxylation is 1. The molecule has 0 aromatic carbocycles. The Kier molecular flexibility index (Phi) is 2.98. The van der Waals surface area contributed by atoms with Gasteiger partial charge in [-0.15, -0.1) is 0 Å². The highest BCUT2D eigenvalue weighted by Gasteiger charge is 2.64. The van der Waals surface area contributed by atoms with Gasteiger partial charge in [-0.05, 0) is 12.1 Å². The SMILES string of the molecule is Cn1cccc1C1CC(O)(C(F)(F)F)N(C(N)=O)N1. The summed E-state index contributed by atoms with van der Waals surface area (Å²) in [5.41, 5.74) is 4.37. The fourth-order valence-electron chi connectivity index (χ4n) is 2.18. The van der Waals surface area contributed by atoms with Gasteiger partial charge in [-0.3, -0.25) is 0 Å². The number of urea groups is 1. The summed E-state index contributed by atoms with van der Waals surface area (Å²) in [6, 6.07) is 0.992. The minimum absolute atomic E-state index is 0.0324. The molecule has 2 amide bonds. The first kappa shape index (κ1) is 13.7. The molecule has 1 fully saturated rings. The maximum atomic E-state index is 12.9. The lowest BCUT2D eigenvalue weighted by Crippen LogP contribution is -2.61. The summed E-state index contributed by atoms with van der Waals surface area (Å²) < 4.78 is 40.4. The number of nitrogens with zero attached hydrogens (tertiary/aromatic N) is 2. The fraction of sp³-hybridized carbons (Fsp3) is 0.500. The average molecular weight is 278 g/mol. The van der Waals surface area contributed by atoms with Crippen LogP contribution in [0.2, 0.25) is 0 Å². The van der Waals surface area contributed by atoms with E-state index in [1.165, 1.54) is 0 Å². The van der Waals surface area contributed by atoms with Gasteiger partial charge in [0.1, 0.15) is 0 Å². The number of hydrogen-bond acceptors (Lipinski definition) is 3. The first-order chi connectivity index (χ1) is 8.67. The van der Waals surface area contributed by atoms with Gasteiger partial charge in [-0.2, -0.15) is 13.2 Å². The Morgan fingerprint density at radius 3 is 2.63 bits per heavy atom. The number of nitrogens with one attached hydrogen (secondary N) is 1. The van der Waals surface area contributed by atoms with Crippen LogP contribution in [0, 0.1) is 0 Å². The summed E-state index contributed by atoms with van der Waals surface area (Å²) in [4.78, 5) is 11.1. The second kappa shape index (κ2) is 4.14. The van der Waals surface area contributed by atoms with Crippen molar-refractivity contribution in [3.8, 4) is 0 Å². The lowest BCUT2D eigenvalue weighted by atomic mass is 10.0. The normalized spacial score (nSPS) is 27.8. The van der Waals surface area contributed by atoms with Crippen molar-refractivity contribution < 1.29 is 23.1 Å². The van der Waals surface area contributed by atoms with Crippen molar-refractivity contribution in [2.75, 3.05) is 0 Å². The van der Waals surface area contributed by atoms with Gasteiger partial charge in [0.15, 0.2) is 0 Å². The zero-order valence-electron chi connectivity index (χ0n) is 9.98. The zero-order chi connectivity index (χ0) is 14.4. The second-order valence-electron chi connectivity index (χ2n) is 4.42. The summed E-state index contributed by atoms with van der Waals surface area (Å²) in [7, 11) is 1.65. The number of hydrogen-bond donors (Lipinski definition) is 3. The Labute approximate surface area is 106 Å². The van der Waals surface area contributed by atoms with Gasteiger partial charge in [-0.25, -0.2) is 15.2 Å². The maximum absolute atomic E-state index is 12.9. The predicted molar refractivity (Wildman–Crippen MR) is 58.3 cm³/mol. The fourth-order valence-corrected chi connectivity index (χ4v) is 2.18. The lowest BCUT2D eigenvalue weighted by Gasteiger charge is -2.32. The molecule has 2 rings (SSSR count). The van der Waals surface area contributed by atoms with E-state index in [9.17, 15) is 23.1 Å². The summed E-state index contributed by atoms with van der Waals surface area (Å²) in [5.74, 6) is 0. The number of nitrogens with two attached hydrogens (primary N) is 1. The van der Waals surface area contributed by atoms with E-state index >= 15 is 0 Å². The summed E-state index contributed by atoms with van der Waals surface area (Å²) in [6.45, 7) is 0. The van der Waals surface area contributed by atoms with Crippen molar-refractivity contribution in [3.05, 3.63) is 24.0 Å². The molecule has 9 heteroatoms. The molecule has 0 bridgehead atoms. The van der Waals surface area contributed by atoms with Gasteiger partial charge in [0.25, 0.3) is 5.72 Å². The van der Waals surface area contributed by atoms with E-state index in [0.29, 0.717) is 5.69 Å². The van der Waals surface area contributed by atoms with Gasteiger partial charge < -0.3 is 15.4 Å². The Hall–Kier alpha value is -1.74. The standard InChI is InChI=1S/C10H13F3N4O2/c1-16-4-2-3-7(16)6-5-9(19,10(11,12)13)17(15-6)8(14)18/h2-4,6,15,19H,5H2,1H3,(H2,14,18). The topological polar surface area (TPSA) is 83.5 Å². The third-order valence-electron chi connectivity index (χ3n) is 3.16. The number of carbonyl (C=O) groups excluding carboxylic acids is 1. The predicted octanol–water partition coefficient (Wildman–Crippen LogP) is 0.606. The van der Waals surface area contributed by atoms with Crippen LogP contribution in [-0.2, 0) is 7.05 Å².